The van der Waals surface area contributed by atoms with Gasteiger partial charge >= 0.3 is 5.97 Å². The molecule has 1 aliphatic heterocycles. The summed E-state index contributed by atoms with van der Waals surface area (Å²) in [6.45, 7) is 2.75. The first kappa shape index (κ1) is 19.8. The van der Waals surface area contributed by atoms with Gasteiger partial charge in [0.25, 0.3) is 0 Å². The topological polar surface area (TPSA) is 47.9 Å². The fraction of sp³-hybridized carbons (Fsp3) is 0.158. The lowest BCUT2D eigenvalue weighted by Crippen LogP contribution is -2.05. The first-order chi connectivity index (χ1) is 12.5. The zero-order chi connectivity index (χ0) is 18.7. The molecule has 0 bridgehead atoms. The summed E-state index contributed by atoms with van der Waals surface area (Å²) < 4.78 is 13.9. The van der Waals surface area contributed by atoms with Crippen LogP contribution in [0, 0.1) is 7.14 Å². The van der Waals surface area contributed by atoms with E-state index in [1.165, 1.54) is 0 Å². The number of benzene rings is 2. The highest BCUT2D eigenvalue weighted by molar-refractivity contribution is 14.1. The summed E-state index contributed by atoms with van der Waals surface area (Å²) >= 11 is 7.94. The monoisotopic (exact) mass is 637 g/mol. The van der Waals surface area contributed by atoms with E-state index in [9.17, 15) is 4.79 Å². The Morgan fingerprint density at radius 3 is 2.58 bits per heavy atom. The van der Waals surface area contributed by atoms with Gasteiger partial charge in [0.15, 0.2) is 5.70 Å². The number of hydrogen-bond donors (Lipinski definition) is 0. The van der Waals surface area contributed by atoms with Crippen LogP contribution < -0.4 is 4.74 Å². The number of nitrogens with zero attached hydrogens (tertiary/aromatic N) is 1. The summed E-state index contributed by atoms with van der Waals surface area (Å²) in [7, 11) is 0. The van der Waals surface area contributed by atoms with Crippen molar-refractivity contribution in [3.63, 3.8) is 0 Å². The maximum absolute atomic E-state index is 12.2. The summed E-state index contributed by atoms with van der Waals surface area (Å²) in [5.41, 5.74) is 1.91. The number of ether oxygens (including phenoxy) is 2. The smallest absolute Gasteiger partial charge is 0.363 e. The molecule has 2 aromatic carbocycles. The molecule has 7 heteroatoms. The van der Waals surface area contributed by atoms with Crippen LogP contribution in [-0.2, 0) is 9.53 Å². The largest absolute Gasteiger partial charge is 0.491 e. The molecule has 4 nitrogen and oxygen atoms in total. The molecule has 0 spiro atoms. The SMILES string of the molecule is CCCOc1c(I)cc(/C=C2\N=C(c3ccccc3Br)OC2=O)cc1I. The van der Waals surface area contributed by atoms with Gasteiger partial charge in [-0.05, 0) is 103 Å². The van der Waals surface area contributed by atoms with Gasteiger partial charge in [0, 0.05) is 4.47 Å². The number of esters is 1. The minimum absolute atomic E-state index is 0.282. The van der Waals surface area contributed by atoms with Gasteiger partial charge < -0.3 is 9.47 Å². The fourth-order valence-corrected chi connectivity index (χ4v) is 4.90. The molecule has 0 saturated heterocycles. The Kier molecular flexibility index (Phi) is 6.73. The van der Waals surface area contributed by atoms with Crippen LogP contribution in [0.5, 0.6) is 5.75 Å². The molecule has 0 aliphatic carbocycles. The van der Waals surface area contributed by atoms with Gasteiger partial charge in [0.1, 0.15) is 5.75 Å². The summed E-state index contributed by atoms with van der Waals surface area (Å²) in [5, 5.41) is 0. The molecular formula is C19H14BrI2NO3. The van der Waals surface area contributed by atoms with Gasteiger partial charge in [-0.2, -0.15) is 0 Å². The lowest BCUT2D eigenvalue weighted by Gasteiger charge is -2.10. The molecule has 0 fully saturated rings. The second-order valence-electron chi connectivity index (χ2n) is 5.48. The van der Waals surface area contributed by atoms with Gasteiger partial charge in [-0.3, -0.25) is 0 Å². The van der Waals surface area contributed by atoms with E-state index in [0.717, 1.165) is 34.9 Å². The highest BCUT2D eigenvalue weighted by Crippen LogP contribution is 2.31. The van der Waals surface area contributed by atoms with Crippen molar-refractivity contribution in [2.24, 2.45) is 4.99 Å². The third kappa shape index (κ3) is 4.48. The van der Waals surface area contributed by atoms with Crippen molar-refractivity contribution < 1.29 is 14.3 Å². The molecule has 0 aromatic heterocycles. The highest BCUT2D eigenvalue weighted by Gasteiger charge is 2.25. The zero-order valence-electron chi connectivity index (χ0n) is 13.8. The molecule has 3 rings (SSSR count). The first-order valence-electron chi connectivity index (χ1n) is 7.89. The average Bonchev–Trinajstić information content (AvgIpc) is 2.95. The highest BCUT2D eigenvalue weighted by atomic mass is 127. The summed E-state index contributed by atoms with van der Waals surface area (Å²) in [4.78, 5) is 16.6. The van der Waals surface area contributed by atoms with Crippen LogP contribution >= 0.6 is 61.1 Å². The van der Waals surface area contributed by atoms with Crippen LogP contribution in [-0.4, -0.2) is 18.5 Å². The molecule has 1 aliphatic rings. The maximum Gasteiger partial charge on any atom is 0.363 e. The van der Waals surface area contributed by atoms with E-state index in [-0.39, 0.29) is 5.70 Å². The number of carbonyl (C=O) groups is 1. The van der Waals surface area contributed by atoms with Gasteiger partial charge in [-0.1, -0.05) is 19.1 Å². The van der Waals surface area contributed by atoms with E-state index in [0.29, 0.717) is 12.5 Å². The predicted octanol–water partition coefficient (Wildman–Crippen LogP) is 5.79. The van der Waals surface area contributed by atoms with E-state index in [2.05, 4.69) is 73.0 Å². The van der Waals surface area contributed by atoms with Crippen LogP contribution in [0.1, 0.15) is 24.5 Å². The summed E-state index contributed by atoms with van der Waals surface area (Å²) in [6, 6.07) is 11.4. The minimum atomic E-state index is -0.452. The molecule has 1 heterocycles. The molecule has 0 N–H and O–H groups in total. The van der Waals surface area contributed by atoms with Crippen LogP contribution in [0.3, 0.4) is 0 Å². The lowest BCUT2D eigenvalue weighted by atomic mass is 10.2. The van der Waals surface area contributed by atoms with E-state index in [1.54, 1.807) is 6.08 Å². The van der Waals surface area contributed by atoms with Crippen LogP contribution in [0.2, 0.25) is 0 Å². The van der Waals surface area contributed by atoms with Crippen molar-refractivity contribution in [1.29, 1.82) is 0 Å². The third-order valence-electron chi connectivity index (χ3n) is 3.50. The van der Waals surface area contributed by atoms with Crippen LogP contribution in [0.15, 0.2) is 51.6 Å². The Bertz CT molecular complexity index is 902. The van der Waals surface area contributed by atoms with Crippen LogP contribution in [0.4, 0.5) is 0 Å². The van der Waals surface area contributed by atoms with E-state index in [4.69, 9.17) is 9.47 Å². The van der Waals surface area contributed by atoms with Crippen LogP contribution in [0.25, 0.3) is 6.08 Å². The number of hydrogen-bond acceptors (Lipinski definition) is 4. The number of cyclic esters (lactones) is 1. The van der Waals surface area contributed by atoms with Gasteiger partial charge in [-0.15, -0.1) is 0 Å². The molecular weight excluding hydrogens is 624 g/mol. The average molecular weight is 638 g/mol. The number of halogens is 3. The minimum Gasteiger partial charge on any atom is -0.491 e. The van der Waals surface area contributed by atoms with Gasteiger partial charge in [0.05, 0.1) is 19.3 Å². The predicted molar refractivity (Wildman–Crippen MR) is 122 cm³/mol. The van der Waals surface area contributed by atoms with Crippen molar-refractivity contribution in [2.45, 2.75) is 13.3 Å². The fourth-order valence-electron chi connectivity index (χ4n) is 2.32. The Hall–Kier alpha value is -0.940. The standard InChI is InChI=1S/C19H14BrI2NO3/c1-2-7-25-17-14(21)8-11(9-15(17)22)10-16-19(24)26-18(23-16)12-5-3-4-6-13(12)20/h3-6,8-10H,2,7H2,1H3/b16-10-. The Morgan fingerprint density at radius 2 is 1.92 bits per heavy atom. The van der Waals surface area contributed by atoms with Crippen molar-refractivity contribution in [1.82, 2.24) is 0 Å². The first-order valence-corrected chi connectivity index (χ1v) is 10.8. The summed E-state index contributed by atoms with van der Waals surface area (Å²) in [6.07, 6.45) is 2.69. The Morgan fingerprint density at radius 1 is 1.23 bits per heavy atom. The second kappa shape index (κ2) is 8.83. The molecule has 0 atom stereocenters. The number of carbonyl (C=O) groups excluding carboxylic acids is 1. The van der Waals surface area contributed by atoms with Crippen molar-refractivity contribution in [3.8, 4) is 5.75 Å². The Balaban J connectivity index is 1.92. The number of rotatable bonds is 5. The molecule has 26 heavy (non-hydrogen) atoms. The van der Waals surface area contributed by atoms with Gasteiger partial charge in [-0.25, -0.2) is 9.79 Å². The Labute approximate surface area is 187 Å². The van der Waals surface area contributed by atoms with E-state index < -0.39 is 5.97 Å². The normalized spacial score (nSPS) is 15.2. The molecule has 0 amide bonds. The maximum atomic E-state index is 12.2. The molecule has 0 unspecified atom stereocenters. The lowest BCUT2D eigenvalue weighted by molar-refractivity contribution is -0.129. The molecule has 0 radical (unpaired) electrons. The summed E-state index contributed by atoms with van der Waals surface area (Å²) in [5.74, 6) is 0.731. The molecule has 2 aromatic rings. The second-order valence-corrected chi connectivity index (χ2v) is 8.66. The van der Waals surface area contributed by atoms with Crippen molar-refractivity contribution >= 4 is 79.1 Å². The molecule has 0 saturated carbocycles. The van der Waals surface area contributed by atoms with Crippen molar-refractivity contribution in [2.75, 3.05) is 6.61 Å². The number of aliphatic imine (C=N–C) groups is 1. The van der Waals surface area contributed by atoms with Gasteiger partial charge in [0.2, 0.25) is 5.90 Å². The zero-order valence-corrected chi connectivity index (χ0v) is 19.7. The quantitative estimate of drug-likeness (QED) is 0.237. The third-order valence-corrected chi connectivity index (χ3v) is 5.79. The van der Waals surface area contributed by atoms with E-state index in [1.807, 2.05) is 36.4 Å². The van der Waals surface area contributed by atoms with E-state index >= 15 is 0 Å². The molecule has 134 valence electrons. The van der Waals surface area contributed by atoms with Crippen molar-refractivity contribution in [3.05, 3.63) is 64.8 Å².